The Morgan fingerprint density at radius 1 is 1.00 bits per heavy atom. The van der Waals surface area contributed by atoms with E-state index in [0.717, 1.165) is 44.8 Å². The van der Waals surface area contributed by atoms with Crippen molar-refractivity contribution in [2.45, 2.75) is 51.2 Å². The molecule has 5 nitrogen and oxygen atoms in total. The molecule has 6 heteroatoms. The smallest absolute Gasteiger partial charge is 0.239 e. The molecular formula is C22H33FN4O. The number of carbonyl (C=O) groups excluding carboxylic acids is 1. The average Bonchev–Trinajstić information content (AvgIpc) is 3.37. The molecule has 1 amide bonds. The molecule has 0 spiro atoms. The Hall–Kier alpha value is -1.66. The Bertz CT molecular complexity index is 668. The first kappa shape index (κ1) is 19.6. The number of nitrogens with zero attached hydrogens (tertiary/aromatic N) is 4. The first-order valence-electron chi connectivity index (χ1n) is 10.8. The van der Waals surface area contributed by atoms with Crippen LogP contribution in [-0.4, -0.2) is 84.5 Å². The Morgan fingerprint density at radius 2 is 1.64 bits per heavy atom. The summed E-state index contributed by atoms with van der Waals surface area (Å²) in [5.74, 6) is 0.0815. The third-order valence-corrected chi connectivity index (χ3v) is 7.02. The highest BCUT2D eigenvalue weighted by Crippen LogP contribution is 2.27. The maximum Gasteiger partial charge on any atom is 0.239 e. The van der Waals surface area contributed by atoms with E-state index in [4.69, 9.17) is 0 Å². The van der Waals surface area contributed by atoms with Gasteiger partial charge in [0.15, 0.2) is 0 Å². The number of amides is 1. The van der Waals surface area contributed by atoms with E-state index in [-0.39, 0.29) is 17.8 Å². The van der Waals surface area contributed by atoms with E-state index in [1.54, 1.807) is 0 Å². The quantitative estimate of drug-likeness (QED) is 0.793. The fourth-order valence-corrected chi connectivity index (χ4v) is 5.21. The zero-order valence-electron chi connectivity index (χ0n) is 17.2. The van der Waals surface area contributed by atoms with Crippen molar-refractivity contribution < 1.29 is 9.18 Å². The second-order valence-electron chi connectivity index (χ2n) is 8.55. The summed E-state index contributed by atoms with van der Waals surface area (Å²) in [6, 6.07) is 7.48. The molecule has 0 radical (unpaired) electrons. The number of carbonyl (C=O) groups is 1. The van der Waals surface area contributed by atoms with Crippen molar-refractivity contribution in [3.05, 3.63) is 30.1 Å². The number of halogens is 1. The van der Waals surface area contributed by atoms with Gasteiger partial charge in [-0.15, -0.1) is 0 Å². The molecule has 1 aromatic rings. The first-order valence-corrected chi connectivity index (χ1v) is 10.8. The summed E-state index contributed by atoms with van der Waals surface area (Å²) >= 11 is 0. The molecule has 154 valence electrons. The van der Waals surface area contributed by atoms with Crippen LogP contribution in [-0.2, 0) is 4.79 Å². The zero-order chi connectivity index (χ0) is 19.7. The zero-order valence-corrected chi connectivity index (χ0v) is 17.2. The van der Waals surface area contributed by atoms with Gasteiger partial charge in [0, 0.05) is 50.5 Å². The van der Waals surface area contributed by atoms with Gasteiger partial charge >= 0.3 is 0 Å². The minimum Gasteiger partial charge on any atom is -0.369 e. The molecule has 1 aromatic carbocycles. The summed E-state index contributed by atoms with van der Waals surface area (Å²) in [5, 5.41) is 0. The number of piperazine rings is 1. The molecule has 3 aliphatic rings. The summed E-state index contributed by atoms with van der Waals surface area (Å²) in [7, 11) is 0. The summed E-state index contributed by atoms with van der Waals surface area (Å²) in [6.07, 6.45) is 3.70. The van der Waals surface area contributed by atoms with Gasteiger partial charge in [0.25, 0.3) is 0 Å². The molecule has 3 fully saturated rings. The summed E-state index contributed by atoms with van der Waals surface area (Å²) in [4.78, 5) is 22.5. The van der Waals surface area contributed by atoms with Gasteiger partial charge in [0.2, 0.25) is 5.91 Å². The van der Waals surface area contributed by atoms with Crippen molar-refractivity contribution in [1.82, 2.24) is 14.7 Å². The molecular weight excluding hydrogens is 355 g/mol. The van der Waals surface area contributed by atoms with Gasteiger partial charge in [0.05, 0.1) is 6.04 Å². The van der Waals surface area contributed by atoms with Crippen LogP contribution in [0, 0.1) is 5.82 Å². The molecule has 0 bridgehead atoms. The molecule has 0 N–H and O–H groups in total. The van der Waals surface area contributed by atoms with Crippen molar-refractivity contribution >= 4 is 11.6 Å². The summed E-state index contributed by atoms with van der Waals surface area (Å²) in [6.45, 7) is 11.0. The highest BCUT2D eigenvalue weighted by molar-refractivity contribution is 5.82. The fraction of sp³-hybridized carbons (Fsp3) is 0.682. The van der Waals surface area contributed by atoms with Crippen LogP contribution in [0.2, 0.25) is 0 Å². The van der Waals surface area contributed by atoms with Gasteiger partial charge in [-0.2, -0.15) is 0 Å². The normalized spacial score (nSPS) is 28.1. The predicted molar refractivity (Wildman–Crippen MR) is 110 cm³/mol. The number of benzene rings is 1. The van der Waals surface area contributed by atoms with Crippen LogP contribution in [0.3, 0.4) is 0 Å². The highest BCUT2D eigenvalue weighted by atomic mass is 19.1. The highest BCUT2D eigenvalue weighted by Gasteiger charge is 2.40. The van der Waals surface area contributed by atoms with E-state index in [1.165, 1.54) is 38.1 Å². The van der Waals surface area contributed by atoms with Crippen LogP contribution in [0.25, 0.3) is 0 Å². The molecule has 3 saturated heterocycles. The van der Waals surface area contributed by atoms with Crippen LogP contribution < -0.4 is 4.90 Å². The Kier molecular flexibility index (Phi) is 5.88. The minimum atomic E-state index is -0.200. The van der Waals surface area contributed by atoms with Crippen molar-refractivity contribution in [3.63, 3.8) is 0 Å². The van der Waals surface area contributed by atoms with Crippen molar-refractivity contribution in [2.75, 3.05) is 50.7 Å². The lowest BCUT2D eigenvalue weighted by Crippen LogP contribution is -2.56. The van der Waals surface area contributed by atoms with Crippen molar-refractivity contribution in [1.29, 1.82) is 0 Å². The predicted octanol–water partition coefficient (Wildman–Crippen LogP) is 2.42. The van der Waals surface area contributed by atoms with E-state index in [1.807, 2.05) is 12.1 Å². The Labute approximate surface area is 168 Å². The number of rotatable bonds is 4. The van der Waals surface area contributed by atoms with E-state index in [9.17, 15) is 9.18 Å². The molecule has 0 aliphatic carbocycles. The molecule has 3 heterocycles. The van der Waals surface area contributed by atoms with Crippen LogP contribution in [0.15, 0.2) is 24.3 Å². The van der Waals surface area contributed by atoms with E-state index in [2.05, 4.69) is 33.4 Å². The number of likely N-dealkylation sites (tertiary alicyclic amines) is 2. The lowest BCUT2D eigenvalue weighted by atomic mass is 10.1. The average molecular weight is 389 g/mol. The largest absolute Gasteiger partial charge is 0.369 e. The van der Waals surface area contributed by atoms with Gasteiger partial charge in [-0.05, 0) is 70.5 Å². The second kappa shape index (κ2) is 8.37. The number of hydrogen-bond acceptors (Lipinski definition) is 4. The van der Waals surface area contributed by atoms with E-state index in [0.29, 0.717) is 12.1 Å². The van der Waals surface area contributed by atoms with Gasteiger partial charge in [0.1, 0.15) is 5.82 Å². The SMILES string of the molecule is C[C@H](C(=O)N1CC[C@@H](N2CCCC2)[C@H]1C)N1CCN(c2ccc(F)cc2)CC1. The fourth-order valence-electron chi connectivity index (χ4n) is 5.21. The van der Waals surface area contributed by atoms with Crippen LogP contribution in [0.1, 0.15) is 33.1 Å². The molecule has 0 unspecified atom stereocenters. The van der Waals surface area contributed by atoms with E-state index < -0.39 is 0 Å². The standard InChI is InChI=1S/C22H33FN4O/c1-17-21(26-10-3-4-11-26)9-12-27(17)22(28)18(2)24-13-15-25(16-14-24)20-7-5-19(23)6-8-20/h5-8,17-18,21H,3-4,9-16H2,1-2H3/t17-,18-,21-/m1/s1. The monoisotopic (exact) mass is 388 g/mol. The third-order valence-electron chi connectivity index (χ3n) is 7.02. The van der Waals surface area contributed by atoms with Gasteiger partial charge < -0.3 is 9.80 Å². The molecule has 0 saturated carbocycles. The Morgan fingerprint density at radius 3 is 2.29 bits per heavy atom. The van der Waals surface area contributed by atoms with Crippen LogP contribution >= 0.6 is 0 Å². The summed E-state index contributed by atoms with van der Waals surface area (Å²) < 4.78 is 13.1. The van der Waals surface area contributed by atoms with Crippen LogP contribution in [0.5, 0.6) is 0 Å². The van der Waals surface area contributed by atoms with Gasteiger partial charge in [-0.1, -0.05) is 0 Å². The van der Waals surface area contributed by atoms with Crippen LogP contribution in [0.4, 0.5) is 10.1 Å². The topological polar surface area (TPSA) is 30.0 Å². The maximum absolute atomic E-state index is 13.2. The molecule has 28 heavy (non-hydrogen) atoms. The molecule has 3 atom stereocenters. The molecule has 3 aliphatic heterocycles. The summed E-state index contributed by atoms with van der Waals surface area (Å²) in [5.41, 5.74) is 1.06. The van der Waals surface area contributed by atoms with E-state index >= 15 is 0 Å². The molecule has 4 rings (SSSR count). The lowest BCUT2D eigenvalue weighted by Gasteiger charge is -2.40. The minimum absolute atomic E-state index is 0.0739. The number of anilines is 1. The maximum atomic E-state index is 13.2. The number of hydrogen-bond donors (Lipinski definition) is 0. The van der Waals surface area contributed by atoms with Gasteiger partial charge in [-0.25, -0.2) is 4.39 Å². The van der Waals surface area contributed by atoms with Gasteiger partial charge in [-0.3, -0.25) is 14.6 Å². The third kappa shape index (κ3) is 3.90. The molecule has 0 aromatic heterocycles. The van der Waals surface area contributed by atoms with Crippen molar-refractivity contribution in [3.8, 4) is 0 Å². The second-order valence-corrected chi connectivity index (χ2v) is 8.55. The Balaban J connectivity index is 1.31. The van der Waals surface area contributed by atoms with Crippen molar-refractivity contribution in [2.24, 2.45) is 0 Å². The lowest BCUT2D eigenvalue weighted by molar-refractivity contribution is -0.137. The first-order chi connectivity index (χ1) is 13.5.